The Hall–Kier alpha value is -2.49. The summed E-state index contributed by atoms with van der Waals surface area (Å²) in [5.41, 5.74) is -0.368. The van der Waals surface area contributed by atoms with Crippen molar-refractivity contribution in [2.45, 2.75) is 31.7 Å². The van der Waals surface area contributed by atoms with E-state index in [1.807, 2.05) is 0 Å². The molecule has 0 bridgehead atoms. The minimum absolute atomic E-state index is 0.0543. The third-order valence-electron chi connectivity index (χ3n) is 3.66. The number of rotatable bonds is 5. The summed E-state index contributed by atoms with van der Waals surface area (Å²) in [6, 6.07) is 3.12. The third-order valence-corrected chi connectivity index (χ3v) is 4.33. The van der Waals surface area contributed by atoms with Crippen LogP contribution in [0.4, 0.5) is 10.5 Å². The molecular formula is C15H16BrN3O6. The van der Waals surface area contributed by atoms with Crippen molar-refractivity contribution in [2.24, 2.45) is 0 Å². The molecule has 0 aromatic heterocycles. The number of hydrogen-bond donors (Lipinski definition) is 2. The number of halogens is 1. The number of esters is 1. The molecule has 1 saturated carbocycles. The second kappa shape index (κ2) is 8.56. The van der Waals surface area contributed by atoms with Crippen LogP contribution in [0.1, 0.15) is 36.0 Å². The van der Waals surface area contributed by atoms with Crippen molar-refractivity contribution in [1.82, 2.24) is 10.6 Å². The summed E-state index contributed by atoms with van der Waals surface area (Å²) in [7, 11) is 0. The van der Waals surface area contributed by atoms with Crippen molar-refractivity contribution in [2.75, 3.05) is 6.61 Å². The predicted octanol–water partition coefficient (Wildman–Crippen LogP) is 2.28. The molecular weight excluding hydrogens is 398 g/mol. The largest absolute Gasteiger partial charge is 0.452 e. The number of amides is 3. The Morgan fingerprint density at radius 2 is 1.96 bits per heavy atom. The van der Waals surface area contributed by atoms with Crippen molar-refractivity contribution in [3.63, 3.8) is 0 Å². The molecule has 9 nitrogen and oxygen atoms in total. The Morgan fingerprint density at radius 1 is 1.28 bits per heavy atom. The topological polar surface area (TPSA) is 128 Å². The molecule has 0 aliphatic heterocycles. The van der Waals surface area contributed by atoms with E-state index in [1.54, 1.807) is 0 Å². The lowest BCUT2D eigenvalue weighted by atomic mass is 10.2. The Labute approximate surface area is 151 Å². The van der Waals surface area contributed by atoms with Gasteiger partial charge in [-0.2, -0.15) is 0 Å². The molecule has 0 unspecified atom stereocenters. The SMILES string of the molecule is O=C(COC(=O)c1ccc(Br)c([N+](=O)[O-])c1)NC(=O)NC1CCCC1. The first-order valence-electron chi connectivity index (χ1n) is 7.58. The van der Waals surface area contributed by atoms with E-state index in [4.69, 9.17) is 4.74 Å². The van der Waals surface area contributed by atoms with Gasteiger partial charge in [0.2, 0.25) is 0 Å². The molecule has 0 atom stereocenters. The zero-order chi connectivity index (χ0) is 18.4. The lowest BCUT2D eigenvalue weighted by Crippen LogP contribution is -2.44. The Bertz CT molecular complexity index is 703. The first-order valence-corrected chi connectivity index (χ1v) is 8.37. The van der Waals surface area contributed by atoms with Crippen molar-refractivity contribution in [1.29, 1.82) is 0 Å². The minimum atomic E-state index is -0.901. The minimum Gasteiger partial charge on any atom is -0.452 e. The number of carbonyl (C=O) groups excluding carboxylic acids is 3. The fourth-order valence-electron chi connectivity index (χ4n) is 2.45. The van der Waals surface area contributed by atoms with Crippen LogP contribution in [0, 0.1) is 10.1 Å². The highest BCUT2D eigenvalue weighted by Gasteiger charge is 2.20. The average molecular weight is 414 g/mol. The highest BCUT2D eigenvalue weighted by molar-refractivity contribution is 9.10. The highest BCUT2D eigenvalue weighted by atomic mass is 79.9. The van der Waals surface area contributed by atoms with Crippen LogP contribution in [0.2, 0.25) is 0 Å². The van der Waals surface area contributed by atoms with Gasteiger partial charge in [0.1, 0.15) is 0 Å². The maximum Gasteiger partial charge on any atom is 0.338 e. The lowest BCUT2D eigenvalue weighted by Gasteiger charge is -2.12. The van der Waals surface area contributed by atoms with Gasteiger partial charge in [-0.1, -0.05) is 12.8 Å². The molecule has 1 aromatic rings. The van der Waals surface area contributed by atoms with E-state index in [-0.39, 0.29) is 21.8 Å². The first-order chi connectivity index (χ1) is 11.9. The summed E-state index contributed by atoms with van der Waals surface area (Å²) < 4.78 is 4.98. The third kappa shape index (κ3) is 5.52. The summed E-state index contributed by atoms with van der Waals surface area (Å²) >= 11 is 3.00. The number of nitrogens with zero attached hydrogens (tertiary/aromatic N) is 1. The van der Waals surface area contributed by atoms with Gasteiger partial charge in [-0.25, -0.2) is 9.59 Å². The Balaban J connectivity index is 1.82. The van der Waals surface area contributed by atoms with Gasteiger partial charge in [-0.05, 0) is 40.9 Å². The molecule has 1 aliphatic rings. The molecule has 25 heavy (non-hydrogen) atoms. The maximum absolute atomic E-state index is 11.9. The highest BCUT2D eigenvalue weighted by Crippen LogP contribution is 2.25. The van der Waals surface area contributed by atoms with Crippen LogP contribution in [-0.4, -0.2) is 35.5 Å². The number of nitrogens with one attached hydrogen (secondary N) is 2. The van der Waals surface area contributed by atoms with E-state index >= 15 is 0 Å². The summed E-state index contributed by atoms with van der Waals surface area (Å²) in [6.45, 7) is -0.666. The van der Waals surface area contributed by atoms with Crippen molar-refractivity contribution >= 4 is 39.5 Å². The molecule has 134 valence electrons. The van der Waals surface area contributed by atoms with Crippen LogP contribution < -0.4 is 10.6 Å². The van der Waals surface area contributed by atoms with Crippen LogP contribution in [0.3, 0.4) is 0 Å². The molecule has 3 amide bonds. The fraction of sp³-hybridized carbons (Fsp3) is 0.400. The average Bonchev–Trinajstić information content (AvgIpc) is 3.05. The first kappa shape index (κ1) is 18.8. The molecule has 0 spiro atoms. The number of hydrogen-bond acceptors (Lipinski definition) is 6. The van der Waals surface area contributed by atoms with Crippen LogP contribution >= 0.6 is 15.9 Å². The number of nitro groups is 1. The molecule has 10 heteroatoms. The number of benzene rings is 1. The van der Waals surface area contributed by atoms with E-state index in [0.29, 0.717) is 0 Å². The molecule has 2 rings (SSSR count). The van der Waals surface area contributed by atoms with Crippen LogP contribution in [0.5, 0.6) is 0 Å². The number of imide groups is 1. The second-order valence-corrected chi connectivity index (χ2v) is 6.36. The zero-order valence-electron chi connectivity index (χ0n) is 13.1. The second-order valence-electron chi connectivity index (χ2n) is 5.50. The maximum atomic E-state index is 11.9. The molecule has 0 saturated heterocycles. The number of nitro benzene ring substituents is 1. The van der Waals surface area contributed by atoms with Gasteiger partial charge in [0.25, 0.3) is 11.6 Å². The van der Waals surface area contributed by atoms with Crippen LogP contribution in [0.15, 0.2) is 22.7 Å². The van der Waals surface area contributed by atoms with Gasteiger partial charge in [0.05, 0.1) is 15.0 Å². The molecule has 1 aliphatic carbocycles. The molecule has 0 radical (unpaired) electrons. The number of ether oxygens (including phenoxy) is 1. The number of carbonyl (C=O) groups is 3. The van der Waals surface area contributed by atoms with E-state index in [1.165, 1.54) is 12.1 Å². The van der Waals surface area contributed by atoms with Gasteiger partial charge in [0.15, 0.2) is 6.61 Å². The lowest BCUT2D eigenvalue weighted by molar-refractivity contribution is -0.385. The van der Waals surface area contributed by atoms with E-state index in [2.05, 4.69) is 26.6 Å². The summed E-state index contributed by atoms with van der Waals surface area (Å²) in [5.74, 6) is -1.68. The van der Waals surface area contributed by atoms with Gasteiger partial charge in [-0.15, -0.1) is 0 Å². The summed E-state index contributed by atoms with van der Waals surface area (Å²) in [4.78, 5) is 45.3. The fourth-order valence-corrected chi connectivity index (χ4v) is 2.84. The molecule has 2 N–H and O–H groups in total. The number of urea groups is 1. The normalized spacial score (nSPS) is 14.0. The standard InChI is InChI=1S/C15H16BrN3O6/c16-11-6-5-9(7-12(11)19(23)24)14(21)25-8-13(20)18-15(22)17-10-3-1-2-4-10/h5-7,10H,1-4,8H2,(H2,17,18,20,22). The van der Waals surface area contributed by atoms with Crippen molar-refractivity contribution in [3.05, 3.63) is 38.3 Å². The van der Waals surface area contributed by atoms with Gasteiger partial charge in [0, 0.05) is 12.1 Å². The van der Waals surface area contributed by atoms with E-state index in [0.717, 1.165) is 31.7 Å². The summed E-state index contributed by atoms with van der Waals surface area (Å²) in [5, 5.41) is 15.6. The van der Waals surface area contributed by atoms with Crippen LogP contribution in [-0.2, 0) is 9.53 Å². The van der Waals surface area contributed by atoms with Crippen molar-refractivity contribution < 1.29 is 24.0 Å². The van der Waals surface area contributed by atoms with Crippen molar-refractivity contribution in [3.8, 4) is 0 Å². The molecule has 1 fully saturated rings. The van der Waals surface area contributed by atoms with Gasteiger partial charge < -0.3 is 10.1 Å². The van der Waals surface area contributed by atoms with Gasteiger partial charge in [-0.3, -0.25) is 20.2 Å². The monoisotopic (exact) mass is 413 g/mol. The summed E-state index contributed by atoms with van der Waals surface area (Å²) in [6.07, 6.45) is 3.82. The Morgan fingerprint density at radius 3 is 2.60 bits per heavy atom. The predicted molar refractivity (Wildman–Crippen MR) is 90.0 cm³/mol. The van der Waals surface area contributed by atoms with Crippen LogP contribution in [0.25, 0.3) is 0 Å². The Kier molecular flexibility index (Phi) is 6.45. The smallest absolute Gasteiger partial charge is 0.338 e. The molecule has 1 aromatic carbocycles. The van der Waals surface area contributed by atoms with E-state index < -0.39 is 29.4 Å². The van der Waals surface area contributed by atoms with Gasteiger partial charge >= 0.3 is 12.0 Å². The molecule has 0 heterocycles. The quantitative estimate of drug-likeness (QED) is 0.432. The zero-order valence-corrected chi connectivity index (χ0v) is 14.7. The van der Waals surface area contributed by atoms with E-state index in [9.17, 15) is 24.5 Å².